The fourth-order valence-electron chi connectivity index (χ4n) is 4.14. The maximum absolute atomic E-state index is 13.9. The van der Waals surface area contributed by atoms with Crippen LogP contribution in [0.5, 0.6) is 0 Å². The van der Waals surface area contributed by atoms with Gasteiger partial charge < -0.3 is 9.80 Å². The van der Waals surface area contributed by atoms with E-state index in [0.29, 0.717) is 30.1 Å². The number of likely N-dealkylation sites (tertiary alicyclic amines) is 1. The summed E-state index contributed by atoms with van der Waals surface area (Å²) in [5.41, 5.74) is 2.21. The van der Waals surface area contributed by atoms with Crippen LogP contribution in [0.25, 0.3) is 0 Å². The Morgan fingerprint density at radius 2 is 1.74 bits per heavy atom. The topological polar surface area (TPSA) is 23.6 Å². The van der Waals surface area contributed by atoms with E-state index in [1.54, 1.807) is 17.0 Å². The summed E-state index contributed by atoms with van der Waals surface area (Å²) >= 11 is 0. The van der Waals surface area contributed by atoms with Crippen molar-refractivity contribution in [2.45, 2.75) is 25.8 Å². The van der Waals surface area contributed by atoms with Gasteiger partial charge in [-0.3, -0.25) is 4.79 Å². The van der Waals surface area contributed by atoms with Crippen LogP contribution in [-0.2, 0) is 13.0 Å². The second-order valence-electron chi connectivity index (χ2n) is 7.61. The lowest BCUT2D eigenvalue weighted by molar-refractivity contribution is 0.0714. The van der Waals surface area contributed by atoms with E-state index in [9.17, 15) is 13.6 Å². The molecule has 0 aliphatic carbocycles. The van der Waals surface area contributed by atoms with Crippen LogP contribution in [0, 0.1) is 17.6 Å². The number of carbonyl (C=O) groups excluding carboxylic acids is 1. The summed E-state index contributed by atoms with van der Waals surface area (Å²) in [5.74, 6) is -0.0475. The molecule has 0 spiro atoms. The summed E-state index contributed by atoms with van der Waals surface area (Å²) in [6.07, 6.45) is 3.02. The lowest BCUT2D eigenvalue weighted by atomic mass is 9.96. The van der Waals surface area contributed by atoms with Crippen LogP contribution in [0.2, 0.25) is 0 Å². The van der Waals surface area contributed by atoms with Gasteiger partial charge in [0.25, 0.3) is 5.91 Å². The van der Waals surface area contributed by atoms with Crippen molar-refractivity contribution in [1.29, 1.82) is 0 Å². The van der Waals surface area contributed by atoms with E-state index in [1.807, 2.05) is 12.1 Å². The normalized spacial score (nSPS) is 18.1. The monoisotopic (exact) mass is 370 g/mol. The molecule has 3 nitrogen and oxygen atoms in total. The molecule has 0 radical (unpaired) electrons. The Labute approximate surface area is 158 Å². The summed E-state index contributed by atoms with van der Waals surface area (Å²) in [6, 6.07) is 11.5. The highest BCUT2D eigenvalue weighted by molar-refractivity contribution is 5.98. The van der Waals surface area contributed by atoms with E-state index in [0.717, 1.165) is 44.5 Å². The van der Waals surface area contributed by atoms with Gasteiger partial charge in [0.05, 0.1) is 0 Å². The number of amides is 1. The largest absolute Gasteiger partial charge is 0.334 e. The van der Waals surface area contributed by atoms with Gasteiger partial charge in [0, 0.05) is 30.8 Å². The number of rotatable bonds is 5. The van der Waals surface area contributed by atoms with Gasteiger partial charge in [0.2, 0.25) is 0 Å². The number of halogens is 2. The van der Waals surface area contributed by atoms with E-state index in [-0.39, 0.29) is 17.5 Å². The van der Waals surface area contributed by atoms with E-state index < -0.39 is 0 Å². The molecule has 27 heavy (non-hydrogen) atoms. The molecule has 0 aromatic heterocycles. The van der Waals surface area contributed by atoms with Gasteiger partial charge in [-0.25, -0.2) is 8.78 Å². The molecular weight excluding hydrogens is 346 g/mol. The lowest BCUT2D eigenvalue weighted by Gasteiger charge is -2.33. The minimum atomic E-state index is -0.279. The average molecular weight is 370 g/mol. The number of hydrogen-bond acceptors (Lipinski definition) is 2. The summed E-state index contributed by atoms with van der Waals surface area (Å²) in [4.78, 5) is 16.7. The highest BCUT2D eigenvalue weighted by atomic mass is 19.1. The second-order valence-corrected chi connectivity index (χ2v) is 7.61. The quantitative estimate of drug-likeness (QED) is 0.798. The third-order valence-electron chi connectivity index (χ3n) is 5.80. The molecule has 2 aliphatic heterocycles. The average Bonchev–Trinajstić information content (AvgIpc) is 3.00. The Hall–Kier alpha value is -2.27. The third-order valence-corrected chi connectivity index (χ3v) is 5.80. The van der Waals surface area contributed by atoms with Crippen LogP contribution in [0.4, 0.5) is 8.78 Å². The van der Waals surface area contributed by atoms with Gasteiger partial charge >= 0.3 is 0 Å². The van der Waals surface area contributed by atoms with Crippen LogP contribution in [0.15, 0.2) is 42.5 Å². The van der Waals surface area contributed by atoms with E-state index >= 15 is 0 Å². The minimum absolute atomic E-state index is 0.0387. The fourth-order valence-corrected chi connectivity index (χ4v) is 4.14. The van der Waals surface area contributed by atoms with Crippen molar-refractivity contribution in [2.24, 2.45) is 5.92 Å². The molecule has 5 heteroatoms. The van der Waals surface area contributed by atoms with Crippen LogP contribution in [0.1, 0.15) is 34.3 Å². The van der Waals surface area contributed by atoms with E-state index in [4.69, 9.17) is 0 Å². The number of carbonyl (C=O) groups is 1. The van der Waals surface area contributed by atoms with Gasteiger partial charge in [-0.2, -0.15) is 0 Å². The molecule has 2 aromatic carbocycles. The first-order chi connectivity index (χ1) is 13.1. The summed E-state index contributed by atoms with van der Waals surface area (Å²) < 4.78 is 26.9. The predicted molar refractivity (Wildman–Crippen MR) is 100 cm³/mol. The van der Waals surface area contributed by atoms with Gasteiger partial charge in [-0.15, -0.1) is 0 Å². The van der Waals surface area contributed by atoms with Crippen molar-refractivity contribution < 1.29 is 13.6 Å². The van der Waals surface area contributed by atoms with Crippen molar-refractivity contribution in [1.82, 2.24) is 9.80 Å². The van der Waals surface area contributed by atoms with Crippen molar-refractivity contribution in [3.8, 4) is 0 Å². The maximum atomic E-state index is 13.9. The molecule has 1 amide bonds. The SMILES string of the molecule is O=C1c2cccc(F)c2CN1CC1CCN(CCc2ccc(F)cc2)CC1. The third kappa shape index (κ3) is 4.03. The first kappa shape index (κ1) is 18.1. The molecule has 2 aliphatic rings. The van der Waals surface area contributed by atoms with E-state index in [1.165, 1.54) is 18.2 Å². The highest BCUT2D eigenvalue weighted by Crippen LogP contribution is 2.28. The zero-order chi connectivity index (χ0) is 18.8. The Morgan fingerprint density at radius 3 is 2.44 bits per heavy atom. The summed E-state index contributed by atoms with van der Waals surface area (Å²) in [7, 11) is 0. The zero-order valence-electron chi connectivity index (χ0n) is 15.3. The standard InChI is InChI=1S/C22H24F2N2O/c23-18-6-4-16(5-7-18)8-11-25-12-9-17(10-13-25)14-26-15-20-19(22(26)27)2-1-3-21(20)24/h1-7,17H,8-15H2. The smallest absolute Gasteiger partial charge is 0.254 e. The van der Waals surface area contributed by atoms with Crippen LogP contribution < -0.4 is 0 Å². The Balaban J connectivity index is 1.25. The molecule has 2 heterocycles. The molecular formula is C22H24F2N2O. The first-order valence-electron chi connectivity index (χ1n) is 9.63. The second kappa shape index (κ2) is 7.77. The highest BCUT2D eigenvalue weighted by Gasteiger charge is 2.31. The van der Waals surface area contributed by atoms with Gasteiger partial charge in [0.15, 0.2) is 0 Å². The maximum Gasteiger partial charge on any atom is 0.254 e. The Bertz CT molecular complexity index is 814. The fraction of sp³-hybridized carbons (Fsp3) is 0.409. The first-order valence-corrected chi connectivity index (χ1v) is 9.63. The summed E-state index contributed by atoms with van der Waals surface area (Å²) in [6.45, 7) is 4.09. The Morgan fingerprint density at radius 1 is 1.00 bits per heavy atom. The van der Waals surface area contributed by atoms with Gasteiger partial charge in [-0.1, -0.05) is 18.2 Å². The molecule has 0 N–H and O–H groups in total. The van der Waals surface area contributed by atoms with Crippen molar-refractivity contribution in [3.63, 3.8) is 0 Å². The van der Waals surface area contributed by atoms with Crippen molar-refractivity contribution in [3.05, 3.63) is 70.8 Å². The molecule has 0 saturated carbocycles. The molecule has 0 unspecified atom stereocenters. The zero-order valence-corrected chi connectivity index (χ0v) is 15.3. The summed E-state index contributed by atoms with van der Waals surface area (Å²) in [5, 5.41) is 0. The van der Waals surface area contributed by atoms with Crippen LogP contribution >= 0.6 is 0 Å². The number of fused-ring (bicyclic) bond motifs is 1. The lowest BCUT2D eigenvalue weighted by Crippen LogP contribution is -2.39. The molecule has 1 saturated heterocycles. The molecule has 0 atom stereocenters. The number of piperidine rings is 1. The number of hydrogen-bond donors (Lipinski definition) is 0. The Kier molecular flexibility index (Phi) is 5.21. The minimum Gasteiger partial charge on any atom is -0.334 e. The van der Waals surface area contributed by atoms with E-state index in [2.05, 4.69) is 4.90 Å². The predicted octanol–water partition coefficient (Wildman–Crippen LogP) is 3.88. The molecule has 2 aromatic rings. The molecule has 142 valence electrons. The van der Waals surface area contributed by atoms with Crippen LogP contribution in [-0.4, -0.2) is 41.9 Å². The molecule has 0 bridgehead atoms. The van der Waals surface area contributed by atoms with Gasteiger partial charge in [-0.05, 0) is 68.1 Å². The van der Waals surface area contributed by atoms with Crippen molar-refractivity contribution >= 4 is 5.91 Å². The number of benzene rings is 2. The van der Waals surface area contributed by atoms with Gasteiger partial charge in [0.1, 0.15) is 11.6 Å². The molecule has 1 fully saturated rings. The molecule has 4 rings (SSSR count). The number of nitrogens with zero attached hydrogens (tertiary/aromatic N) is 2. The van der Waals surface area contributed by atoms with Crippen molar-refractivity contribution in [2.75, 3.05) is 26.2 Å². The van der Waals surface area contributed by atoms with Crippen LogP contribution in [0.3, 0.4) is 0 Å².